The molecule has 0 aliphatic rings. The summed E-state index contributed by atoms with van der Waals surface area (Å²) in [6, 6.07) is 0. The molecule has 0 spiro atoms. The number of unbranched alkanes of at least 4 members (excludes halogenated alkanes) is 23. The van der Waals surface area contributed by atoms with E-state index in [1.165, 1.54) is 109 Å². The Hall–Kier alpha value is -1.03. The molecule has 0 heterocycles. The van der Waals surface area contributed by atoms with Crippen molar-refractivity contribution in [3.05, 3.63) is 0 Å². The lowest BCUT2D eigenvalue weighted by Crippen LogP contribution is -2.29. The second kappa shape index (κ2) is 34.4. The van der Waals surface area contributed by atoms with Gasteiger partial charge in [0.25, 0.3) is 0 Å². The second-order valence-corrected chi connectivity index (χ2v) is 14.8. The number of phosphoric ester groups is 1. The zero-order valence-corrected chi connectivity index (χ0v) is 31.6. The van der Waals surface area contributed by atoms with Crippen molar-refractivity contribution in [2.75, 3.05) is 26.4 Å². The molecule has 0 aliphatic heterocycles. The molecule has 10 nitrogen and oxygen atoms in total. The Morgan fingerprint density at radius 3 is 1.29 bits per heavy atom. The molecule has 0 radical (unpaired) electrons. The molecule has 0 amide bonds. The third kappa shape index (κ3) is 33.5. The normalized spacial score (nSPS) is 14.0. The van der Waals surface area contributed by atoms with Crippen LogP contribution in [0, 0.1) is 0 Å². The van der Waals surface area contributed by atoms with Gasteiger partial charge in [0.2, 0.25) is 0 Å². The first-order valence-electron chi connectivity index (χ1n) is 19.5. The molecular weight excluding hydrogens is 635 g/mol. The number of phosphoric acid groups is 1. The van der Waals surface area contributed by atoms with E-state index in [0.29, 0.717) is 12.8 Å². The average Bonchev–Trinajstić information content (AvgIpc) is 3.07. The molecule has 3 unspecified atom stereocenters. The fourth-order valence-corrected chi connectivity index (χ4v) is 6.25. The number of hydrogen-bond donors (Lipinski definition) is 3. The number of aliphatic hydroxyl groups is 2. The zero-order valence-electron chi connectivity index (χ0n) is 30.7. The van der Waals surface area contributed by atoms with Crippen molar-refractivity contribution in [1.82, 2.24) is 0 Å². The number of ether oxygens (including phenoxy) is 2. The van der Waals surface area contributed by atoms with E-state index in [0.717, 1.165) is 38.5 Å². The van der Waals surface area contributed by atoms with Gasteiger partial charge in [0.05, 0.1) is 19.8 Å². The van der Waals surface area contributed by atoms with Crippen LogP contribution in [-0.4, -0.2) is 65.7 Å². The minimum absolute atomic E-state index is 0.192. The van der Waals surface area contributed by atoms with E-state index in [-0.39, 0.29) is 19.4 Å². The molecule has 0 aliphatic carbocycles. The smallest absolute Gasteiger partial charge is 0.462 e. The number of hydrogen-bond acceptors (Lipinski definition) is 9. The van der Waals surface area contributed by atoms with Gasteiger partial charge in [-0.2, -0.15) is 0 Å². The molecule has 3 N–H and O–H groups in total. The third-order valence-corrected chi connectivity index (χ3v) is 9.46. The highest BCUT2D eigenvalue weighted by Crippen LogP contribution is 2.43. The van der Waals surface area contributed by atoms with Crippen LogP contribution < -0.4 is 0 Å². The molecule has 286 valence electrons. The Balaban J connectivity index is 4.28. The predicted octanol–water partition coefficient (Wildman–Crippen LogP) is 9.50. The molecule has 0 rings (SSSR count). The summed E-state index contributed by atoms with van der Waals surface area (Å²) >= 11 is 0. The number of esters is 2. The average molecular weight is 709 g/mol. The summed E-state index contributed by atoms with van der Waals surface area (Å²) in [5, 5.41) is 18.2. The summed E-state index contributed by atoms with van der Waals surface area (Å²) in [4.78, 5) is 34.7. The highest BCUT2D eigenvalue weighted by atomic mass is 31.2. The summed E-state index contributed by atoms with van der Waals surface area (Å²) in [6.45, 7) is 2.37. The topological polar surface area (TPSA) is 149 Å². The fraction of sp³-hybridized carbons (Fsp3) is 0.946. The van der Waals surface area contributed by atoms with Gasteiger partial charge >= 0.3 is 19.8 Å². The summed E-state index contributed by atoms with van der Waals surface area (Å²) < 4.78 is 32.5. The van der Waals surface area contributed by atoms with Gasteiger partial charge in [-0.3, -0.25) is 18.6 Å². The van der Waals surface area contributed by atoms with E-state index < -0.39 is 51.8 Å². The van der Waals surface area contributed by atoms with Crippen LogP contribution in [-0.2, 0) is 32.7 Å². The predicted molar refractivity (Wildman–Crippen MR) is 192 cm³/mol. The van der Waals surface area contributed by atoms with Gasteiger partial charge < -0.3 is 24.6 Å². The molecule has 0 saturated heterocycles. The largest absolute Gasteiger partial charge is 0.472 e. The molecule has 0 saturated carbocycles. The van der Waals surface area contributed by atoms with E-state index >= 15 is 0 Å². The number of carbonyl (C=O) groups is 2. The van der Waals surface area contributed by atoms with Crippen LogP contribution in [0.4, 0.5) is 0 Å². The first-order valence-corrected chi connectivity index (χ1v) is 21.0. The Morgan fingerprint density at radius 2 is 0.896 bits per heavy atom. The van der Waals surface area contributed by atoms with Gasteiger partial charge in [-0.25, -0.2) is 4.57 Å². The molecular formula is C37H73O10P. The van der Waals surface area contributed by atoms with Crippen molar-refractivity contribution >= 4 is 19.8 Å². The SMILES string of the molecule is CCCCCCCCCCCCCCCCCCC(=O)OC(COC(=O)CCCCCCCCCCC)COP(=O)(O)OCC(O)CO. The van der Waals surface area contributed by atoms with Crippen LogP contribution in [0.25, 0.3) is 0 Å². The molecule has 3 atom stereocenters. The highest BCUT2D eigenvalue weighted by molar-refractivity contribution is 7.47. The van der Waals surface area contributed by atoms with E-state index in [9.17, 15) is 24.2 Å². The minimum Gasteiger partial charge on any atom is -0.462 e. The Kier molecular flexibility index (Phi) is 33.7. The quantitative estimate of drug-likeness (QED) is 0.0324. The molecule has 0 aromatic carbocycles. The Labute approximate surface area is 293 Å². The maximum absolute atomic E-state index is 12.5. The van der Waals surface area contributed by atoms with Crippen LogP contribution in [0.1, 0.15) is 187 Å². The van der Waals surface area contributed by atoms with Crippen LogP contribution in [0.3, 0.4) is 0 Å². The van der Waals surface area contributed by atoms with Gasteiger partial charge in [0.1, 0.15) is 12.7 Å². The number of aliphatic hydroxyl groups excluding tert-OH is 2. The van der Waals surface area contributed by atoms with Crippen molar-refractivity contribution in [2.24, 2.45) is 0 Å². The van der Waals surface area contributed by atoms with Crippen LogP contribution in [0.15, 0.2) is 0 Å². The Bertz CT molecular complexity index is 781. The monoisotopic (exact) mass is 708 g/mol. The first kappa shape index (κ1) is 47.0. The summed E-state index contributed by atoms with van der Waals surface area (Å²) in [5.74, 6) is -0.917. The maximum atomic E-state index is 12.5. The van der Waals surface area contributed by atoms with Gasteiger partial charge in [-0.1, -0.05) is 162 Å². The molecule has 0 fully saturated rings. The second-order valence-electron chi connectivity index (χ2n) is 13.3. The van der Waals surface area contributed by atoms with Crippen LogP contribution in [0.5, 0.6) is 0 Å². The molecule has 0 bridgehead atoms. The van der Waals surface area contributed by atoms with E-state index in [4.69, 9.17) is 19.1 Å². The third-order valence-electron chi connectivity index (χ3n) is 8.51. The van der Waals surface area contributed by atoms with Gasteiger partial charge in [0, 0.05) is 12.8 Å². The summed E-state index contributed by atoms with van der Waals surface area (Å²) in [7, 11) is -4.60. The standard InChI is InChI=1S/C37H73O10P/c1-3-5-7-9-11-13-14-15-16-17-18-19-21-23-25-27-29-37(41)47-35(33-46-48(42,43)45-31-34(39)30-38)32-44-36(40)28-26-24-22-20-12-10-8-6-4-2/h34-35,38-39H,3-33H2,1-2H3,(H,42,43). The molecule has 48 heavy (non-hydrogen) atoms. The zero-order chi connectivity index (χ0) is 35.6. The van der Waals surface area contributed by atoms with Gasteiger partial charge in [0.15, 0.2) is 6.10 Å². The summed E-state index contributed by atoms with van der Waals surface area (Å²) in [6.07, 6.45) is 27.9. The first-order chi connectivity index (χ1) is 23.2. The maximum Gasteiger partial charge on any atom is 0.472 e. The van der Waals surface area contributed by atoms with Crippen molar-refractivity contribution in [1.29, 1.82) is 0 Å². The number of rotatable bonds is 37. The van der Waals surface area contributed by atoms with Crippen molar-refractivity contribution in [3.63, 3.8) is 0 Å². The lowest BCUT2D eigenvalue weighted by Gasteiger charge is -2.20. The van der Waals surface area contributed by atoms with E-state index in [2.05, 4.69) is 18.4 Å². The van der Waals surface area contributed by atoms with Crippen molar-refractivity contribution < 1.29 is 47.8 Å². The van der Waals surface area contributed by atoms with E-state index in [1.807, 2.05) is 0 Å². The lowest BCUT2D eigenvalue weighted by molar-refractivity contribution is -0.161. The fourth-order valence-electron chi connectivity index (χ4n) is 5.46. The van der Waals surface area contributed by atoms with Crippen molar-refractivity contribution in [3.8, 4) is 0 Å². The minimum atomic E-state index is -4.60. The van der Waals surface area contributed by atoms with Crippen LogP contribution >= 0.6 is 7.82 Å². The highest BCUT2D eigenvalue weighted by Gasteiger charge is 2.27. The van der Waals surface area contributed by atoms with Gasteiger partial charge in [-0.05, 0) is 12.8 Å². The Morgan fingerprint density at radius 1 is 0.542 bits per heavy atom. The molecule has 0 aromatic heterocycles. The van der Waals surface area contributed by atoms with Crippen LogP contribution in [0.2, 0.25) is 0 Å². The van der Waals surface area contributed by atoms with Gasteiger partial charge in [-0.15, -0.1) is 0 Å². The molecule has 11 heteroatoms. The molecule has 0 aromatic rings. The number of carbonyl (C=O) groups excluding carboxylic acids is 2. The summed E-state index contributed by atoms with van der Waals surface area (Å²) in [5.41, 5.74) is 0. The lowest BCUT2D eigenvalue weighted by atomic mass is 10.0. The van der Waals surface area contributed by atoms with Crippen molar-refractivity contribution in [2.45, 2.75) is 199 Å². The van der Waals surface area contributed by atoms with E-state index in [1.54, 1.807) is 0 Å².